The van der Waals surface area contributed by atoms with Crippen LogP contribution in [0.15, 0.2) is 18.2 Å². The van der Waals surface area contributed by atoms with Gasteiger partial charge in [-0.05, 0) is 19.9 Å². The van der Waals surface area contributed by atoms with Crippen molar-refractivity contribution in [3.8, 4) is 5.75 Å². The second-order valence-corrected chi connectivity index (χ2v) is 4.11. The number of likely N-dealkylation sites (N-methyl/N-ethyl adjacent to an activating group) is 1. The maximum atomic E-state index is 5.86. The number of nitrogens with zero attached hydrogens (tertiary/aromatic N) is 1. The Hall–Kier alpha value is -1.42. The van der Waals surface area contributed by atoms with Crippen LogP contribution in [0.2, 0.25) is 0 Å². The van der Waals surface area contributed by atoms with Gasteiger partial charge in [-0.3, -0.25) is 0 Å². The molecule has 0 amide bonds. The maximum absolute atomic E-state index is 5.86. The zero-order chi connectivity index (χ0) is 12.8. The first-order valence-corrected chi connectivity index (χ1v) is 5.83. The zero-order valence-electron chi connectivity index (χ0n) is 11.1. The Kier molecular flexibility index (Phi) is 5.10. The number of methoxy groups -OCH3 is 1. The summed E-state index contributed by atoms with van der Waals surface area (Å²) in [5, 5.41) is 0. The molecule has 2 N–H and O–H groups in total. The van der Waals surface area contributed by atoms with Gasteiger partial charge in [0.05, 0.1) is 13.2 Å². The predicted molar refractivity (Wildman–Crippen MR) is 71.8 cm³/mol. The molecular formula is C13H22N2O2. The average molecular weight is 238 g/mol. The summed E-state index contributed by atoms with van der Waals surface area (Å²) in [4.78, 5) is 2.13. The van der Waals surface area contributed by atoms with Gasteiger partial charge in [-0.1, -0.05) is 0 Å². The minimum absolute atomic E-state index is 0.288. The summed E-state index contributed by atoms with van der Waals surface area (Å²) >= 11 is 0. The first kappa shape index (κ1) is 13.6. The van der Waals surface area contributed by atoms with Gasteiger partial charge in [0.25, 0.3) is 0 Å². The van der Waals surface area contributed by atoms with Crippen molar-refractivity contribution in [2.45, 2.75) is 19.9 Å². The molecule has 17 heavy (non-hydrogen) atoms. The third kappa shape index (κ3) is 3.82. The van der Waals surface area contributed by atoms with Crippen molar-refractivity contribution in [3.05, 3.63) is 18.2 Å². The van der Waals surface area contributed by atoms with Gasteiger partial charge in [0.15, 0.2) is 0 Å². The summed E-state index contributed by atoms with van der Waals surface area (Å²) < 4.78 is 10.6. The normalized spacial score (nSPS) is 12.2. The highest BCUT2D eigenvalue weighted by Crippen LogP contribution is 2.26. The van der Waals surface area contributed by atoms with Gasteiger partial charge in [-0.15, -0.1) is 0 Å². The van der Waals surface area contributed by atoms with Crippen molar-refractivity contribution < 1.29 is 9.47 Å². The van der Waals surface area contributed by atoms with Crippen LogP contribution in [0.4, 0.5) is 11.4 Å². The number of anilines is 2. The highest BCUT2D eigenvalue weighted by Gasteiger charge is 2.11. The molecule has 1 atom stereocenters. The van der Waals surface area contributed by atoms with Crippen LogP contribution in [0, 0.1) is 0 Å². The van der Waals surface area contributed by atoms with Crippen molar-refractivity contribution in [2.24, 2.45) is 0 Å². The number of nitrogen functional groups attached to an aromatic ring is 1. The molecule has 0 aromatic heterocycles. The Morgan fingerprint density at radius 2 is 2.06 bits per heavy atom. The summed E-state index contributed by atoms with van der Waals surface area (Å²) in [7, 11) is 3.73. The van der Waals surface area contributed by atoms with Crippen molar-refractivity contribution in [2.75, 3.05) is 38.0 Å². The molecule has 1 aromatic carbocycles. The molecule has 0 aliphatic heterocycles. The SMILES string of the molecule is CCOc1cc(N)cc(N(C)C(C)COC)c1. The lowest BCUT2D eigenvalue weighted by Crippen LogP contribution is -2.32. The predicted octanol–water partition coefficient (Wildman–Crippen LogP) is 2.14. The zero-order valence-corrected chi connectivity index (χ0v) is 11.1. The van der Waals surface area contributed by atoms with Crippen LogP contribution in [-0.2, 0) is 4.74 Å². The van der Waals surface area contributed by atoms with Gasteiger partial charge >= 0.3 is 0 Å². The van der Waals surface area contributed by atoms with E-state index >= 15 is 0 Å². The number of rotatable bonds is 6. The van der Waals surface area contributed by atoms with Crippen LogP contribution < -0.4 is 15.4 Å². The van der Waals surface area contributed by atoms with Crippen LogP contribution in [0.5, 0.6) is 5.75 Å². The Bertz CT molecular complexity index is 355. The Morgan fingerprint density at radius 3 is 2.65 bits per heavy atom. The molecule has 1 rings (SSSR count). The Balaban J connectivity index is 2.88. The molecule has 0 saturated carbocycles. The van der Waals surface area contributed by atoms with Crippen LogP contribution in [0.3, 0.4) is 0 Å². The Labute approximate surface area is 103 Å². The summed E-state index contributed by atoms with van der Waals surface area (Å²) in [5.41, 5.74) is 7.61. The molecular weight excluding hydrogens is 216 g/mol. The van der Waals surface area contributed by atoms with Crippen molar-refractivity contribution in [3.63, 3.8) is 0 Å². The van der Waals surface area contributed by atoms with E-state index in [1.54, 1.807) is 7.11 Å². The van der Waals surface area contributed by atoms with E-state index in [0.29, 0.717) is 18.9 Å². The highest BCUT2D eigenvalue weighted by molar-refractivity contribution is 5.60. The van der Waals surface area contributed by atoms with Crippen molar-refractivity contribution in [1.29, 1.82) is 0 Å². The van der Waals surface area contributed by atoms with Gasteiger partial charge in [0.2, 0.25) is 0 Å². The fourth-order valence-corrected chi connectivity index (χ4v) is 1.67. The third-order valence-corrected chi connectivity index (χ3v) is 2.70. The number of hydrogen-bond acceptors (Lipinski definition) is 4. The molecule has 0 aliphatic rings. The molecule has 0 bridgehead atoms. The molecule has 0 spiro atoms. The largest absolute Gasteiger partial charge is 0.494 e. The lowest BCUT2D eigenvalue weighted by Gasteiger charge is -2.27. The lowest BCUT2D eigenvalue weighted by molar-refractivity contribution is 0.183. The monoisotopic (exact) mass is 238 g/mol. The minimum Gasteiger partial charge on any atom is -0.494 e. The van der Waals surface area contributed by atoms with E-state index in [9.17, 15) is 0 Å². The smallest absolute Gasteiger partial charge is 0.123 e. The summed E-state index contributed by atoms with van der Waals surface area (Å²) in [6.07, 6.45) is 0. The standard InChI is InChI=1S/C13H22N2O2/c1-5-17-13-7-11(14)6-12(8-13)15(3)10(2)9-16-4/h6-8,10H,5,9,14H2,1-4H3. The van der Waals surface area contributed by atoms with Crippen LogP contribution >= 0.6 is 0 Å². The van der Waals surface area contributed by atoms with E-state index in [1.165, 1.54) is 0 Å². The molecule has 0 heterocycles. The van der Waals surface area contributed by atoms with Crippen molar-refractivity contribution >= 4 is 11.4 Å². The van der Waals surface area contributed by atoms with Crippen LogP contribution in [-0.4, -0.2) is 33.4 Å². The van der Waals surface area contributed by atoms with Crippen LogP contribution in [0.25, 0.3) is 0 Å². The molecule has 0 fully saturated rings. The van der Waals surface area contributed by atoms with E-state index in [0.717, 1.165) is 11.4 Å². The van der Waals surface area contributed by atoms with Gasteiger partial charge in [0.1, 0.15) is 5.75 Å². The summed E-state index contributed by atoms with van der Waals surface area (Å²) in [6, 6.07) is 6.05. The number of ether oxygens (including phenoxy) is 2. The summed E-state index contributed by atoms with van der Waals surface area (Å²) in [5.74, 6) is 0.805. The Morgan fingerprint density at radius 1 is 1.35 bits per heavy atom. The average Bonchev–Trinajstić information content (AvgIpc) is 2.28. The second-order valence-electron chi connectivity index (χ2n) is 4.11. The molecule has 4 nitrogen and oxygen atoms in total. The number of hydrogen-bond donors (Lipinski definition) is 1. The minimum atomic E-state index is 0.288. The van der Waals surface area contributed by atoms with Gasteiger partial charge in [0, 0.05) is 43.7 Å². The third-order valence-electron chi connectivity index (χ3n) is 2.70. The molecule has 4 heteroatoms. The van der Waals surface area contributed by atoms with E-state index in [2.05, 4.69) is 11.8 Å². The number of nitrogens with two attached hydrogens (primary N) is 1. The van der Waals surface area contributed by atoms with Gasteiger partial charge in [-0.2, -0.15) is 0 Å². The van der Waals surface area contributed by atoms with E-state index in [4.69, 9.17) is 15.2 Å². The van der Waals surface area contributed by atoms with E-state index in [1.807, 2.05) is 32.2 Å². The first-order valence-electron chi connectivity index (χ1n) is 5.83. The molecule has 1 aromatic rings. The fraction of sp³-hybridized carbons (Fsp3) is 0.538. The quantitative estimate of drug-likeness (QED) is 0.771. The highest BCUT2D eigenvalue weighted by atomic mass is 16.5. The topological polar surface area (TPSA) is 47.7 Å². The lowest BCUT2D eigenvalue weighted by atomic mass is 10.2. The van der Waals surface area contributed by atoms with Crippen LogP contribution in [0.1, 0.15) is 13.8 Å². The van der Waals surface area contributed by atoms with E-state index in [-0.39, 0.29) is 6.04 Å². The second kappa shape index (κ2) is 6.35. The molecule has 1 unspecified atom stereocenters. The summed E-state index contributed by atoms with van der Waals surface area (Å²) in [6.45, 7) is 5.38. The van der Waals surface area contributed by atoms with Crippen molar-refractivity contribution in [1.82, 2.24) is 0 Å². The molecule has 0 saturated heterocycles. The molecule has 0 aliphatic carbocycles. The van der Waals surface area contributed by atoms with Gasteiger partial charge < -0.3 is 20.1 Å². The molecule has 0 radical (unpaired) electrons. The molecule has 96 valence electrons. The number of benzene rings is 1. The maximum Gasteiger partial charge on any atom is 0.123 e. The first-order chi connectivity index (χ1) is 8.08. The fourth-order valence-electron chi connectivity index (χ4n) is 1.67. The van der Waals surface area contributed by atoms with E-state index < -0.39 is 0 Å². The van der Waals surface area contributed by atoms with Gasteiger partial charge in [-0.25, -0.2) is 0 Å².